The Morgan fingerprint density at radius 1 is 1.10 bits per heavy atom. The van der Waals surface area contributed by atoms with Crippen molar-refractivity contribution in [2.24, 2.45) is 11.1 Å². The summed E-state index contributed by atoms with van der Waals surface area (Å²) in [4.78, 5) is 15.8. The lowest BCUT2D eigenvalue weighted by Gasteiger charge is -2.41. The van der Waals surface area contributed by atoms with Crippen molar-refractivity contribution >= 4 is 23.1 Å². The molecular weight excluding hydrogens is 280 g/mol. The Hall–Kier alpha value is -0.640. The van der Waals surface area contributed by atoms with E-state index < -0.39 is 5.41 Å². The Morgan fingerprint density at radius 2 is 1.62 bits per heavy atom. The molecule has 0 unspecified atom stereocenters. The molecule has 21 heavy (non-hydrogen) atoms. The number of nitrogens with two attached hydrogens (primary N) is 1. The summed E-state index contributed by atoms with van der Waals surface area (Å²) < 4.78 is 0. The molecule has 2 aliphatic carbocycles. The van der Waals surface area contributed by atoms with Gasteiger partial charge in [0.15, 0.2) is 0 Å². The average Bonchev–Trinajstić information content (AvgIpc) is 2.76. The van der Waals surface area contributed by atoms with E-state index in [1.54, 1.807) is 0 Å². The molecule has 0 bridgehead atoms. The van der Waals surface area contributed by atoms with Gasteiger partial charge in [-0.3, -0.25) is 4.79 Å². The number of amides is 1. The van der Waals surface area contributed by atoms with Gasteiger partial charge in [-0.1, -0.05) is 57.2 Å². The van der Waals surface area contributed by atoms with Gasteiger partial charge >= 0.3 is 0 Å². The number of hydrogen-bond acceptors (Lipinski definition) is 2. The molecular formula is C17H30N2OS. The van der Waals surface area contributed by atoms with Crippen LogP contribution < -0.4 is 5.73 Å². The first-order valence-electron chi connectivity index (χ1n) is 8.73. The maximum absolute atomic E-state index is 13.3. The third-order valence-electron chi connectivity index (χ3n) is 5.46. The third kappa shape index (κ3) is 3.58. The van der Waals surface area contributed by atoms with Gasteiger partial charge in [0, 0.05) is 12.6 Å². The first-order chi connectivity index (χ1) is 10.1. The van der Waals surface area contributed by atoms with Crippen molar-refractivity contribution < 1.29 is 4.79 Å². The van der Waals surface area contributed by atoms with E-state index in [1.807, 2.05) is 0 Å². The van der Waals surface area contributed by atoms with Crippen molar-refractivity contribution in [1.82, 2.24) is 4.90 Å². The highest BCUT2D eigenvalue weighted by atomic mass is 32.1. The number of thiocarbonyl (C=S) groups is 1. The Balaban J connectivity index is 2.20. The van der Waals surface area contributed by atoms with Crippen LogP contribution in [0.4, 0.5) is 0 Å². The molecule has 0 spiro atoms. The predicted octanol–water partition coefficient (Wildman–Crippen LogP) is 3.79. The normalized spacial score (nSPS) is 23.3. The highest BCUT2D eigenvalue weighted by molar-refractivity contribution is 7.80. The lowest BCUT2D eigenvalue weighted by molar-refractivity contribution is -0.141. The van der Waals surface area contributed by atoms with Gasteiger partial charge in [-0.05, 0) is 32.6 Å². The zero-order valence-corrected chi connectivity index (χ0v) is 14.2. The van der Waals surface area contributed by atoms with E-state index in [0.717, 1.165) is 45.1 Å². The molecule has 0 radical (unpaired) electrons. The maximum atomic E-state index is 13.3. The lowest BCUT2D eigenvalue weighted by atomic mass is 9.78. The summed E-state index contributed by atoms with van der Waals surface area (Å²) in [5.41, 5.74) is 5.52. The van der Waals surface area contributed by atoms with Crippen LogP contribution >= 0.6 is 12.2 Å². The fourth-order valence-corrected chi connectivity index (χ4v) is 4.42. The quantitative estimate of drug-likeness (QED) is 0.634. The molecule has 120 valence electrons. The van der Waals surface area contributed by atoms with E-state index in [2.05, 4.69) is 11.8 Å². The average molecular weight is 311 g/mol. The number of rotatable bonds is 4. The van der Waals surface area contributed by atoms with Crippen LogP contribution in [0.5, 0.6) is 0 Å². The molecule has 1 amide bonds. The van der Waals surface area contributed by atoms with Gasteiger partial charge in [0.1, 0.15) is 0 Å². The van der Waals surface area contributed by atoms with Crippen molar-refractivity contribution in [3.05, 3.63) is 0 Å². The molecule has 0 heterocycles. The molecule has 2 saturated carbocycles. The molecule has 2 aliphatic rings. The molecule has 0 aromatic heterocycles. The molecule has 0 aliphatic heterocycles. The van der Waals surface area contributed by atoms with Crippen LogP contribution in [0.25, 0.3) is 0 Å². The summed E-state index contributed by atoms with van der Waals surface area (Å²) in [6, 6.07) is 0.408. The smallest absolute Gasteiger partial charge is 0.235 e. The fraction of sp³-hybridized carbons (Fsp3) is 0.882. The first-order valence-corrected chi connectivity index (χ1v) is 9.13. The fourth-order valence-electron chi connectivity index (χ4n) is 4.13. The minimum atomic E-state index is -0.556. The topological polar surface area (TPSA) is 46.3 Å². The van der Waals surface area contributed by atoms with Crippen LogP contribution in [0.1, 0.15) is 77.6 Å². The van der Waals surface area contributed by atoms with Crippen LogP contribution in [0.15, 0.2) is 0 Å². The highest BCUT2D eigenvalue weighted by Crippen LogP contribution is 2.38. The number of carbonyl (C=O) groups is 1. The summed E-state index contributed by atoms with van der Waals surface area (Å²) in [7, 11) is 0. The number of hydrogen-bond donors (Lipinski definition) is 1. The molecule has 2 fully saturated rings. The van der Waals surface area contributed by atoms with Gasteiger partial charge in [-0.25, -0.2) is 0 Å². The Bertz CT molecular complexity index is 369. The van der Waals surface area contributed by atoms with E-state index >= 15 is 0 Å². The number of nitrogens with zero attached hydrogens (tertiary/aromatic N) is 1. The second kappa shape index (κ2) is 7.57. The summed E-state index contributed by atoms with van der Waals surface area (Å²) >= 11 is 5.36. The van der Waals surface area contributed by atoms with E-state index in [0.29, 0.717) is 11.0 Å². The van der Waals surface area contributed by atoms with Crippen molar-refractivity contribution in [1.29, 1.82) is 0 Å². The molecule has 2 N–H and O–H groups in total. The van der Waals surface area contributed by atoms with Crippen LogP contribution in [-0.2, 0) is 4.79 Å². The minimum Gasteiger partial charge on any atom is -0.392 e. The lowest BCUT2D eigenvalue weighted by Crippen LogP contribution is -2.53. The van der Waals surface area contributed by atoms with Crippen LogP contribution in [0.3, 0.4) is 0 Å². The van der Waals surface area contributed by atoms with Crippen LogP contribution in [0.2, 0.25) is 0 Å². The highest BCUT2D eigenvalue weighted by Gasteiger charge is 2.45. The summed E-state index contributed by atoms with van der Waals surface area (Å²) in [5, 5.41) is 0. The third-order valence-corrected chi connectivity index (χ3v) is 5.85. The van der Waals surface area contributed by atoms with Crippen molar-refractivity contribution in [2.45, 2.75) is 83.6 Å². The van der Waals surface area contributed by atoms with Gasteiger partial charge in [0.25, 0.3) is 0 Å². The Kier molecular flexibility index (Phi) is 6.03. The summed E-state index contributed by atoms with van der Waals surface area (Å²) in [5.74, 6) is 0.228. The van der Waals surface area contributed by atoms with Gasteiger partial charge in [0.05, 0.1) is 10.4 Å². The number of carbonyl (C=O) groups excluding carboxylic acids is 1. The van der Waals surface area contributed by atoms with E-state index in [9.17, 15) is 4.79 Å². The predicted molar refractivity (Wildman–Crippen MR) is 91.2 cm³/mol. The Labute approximate surface area is 134 Å². The summed E-state index contributed by atoms with van der Waals surface area (Å²) in [6.07, 6.45) is 12.3. The van der Waals surface area contributed by atoms with E-state index in [4.69, 9.17) is 18.0 Å². The van der Waals surface area contributed by atoms with E-state index in [-0.39, 0.29) is 5.91 Å². The van der Waals surface area contributed by atoms with Crippen molar-refractivity contribution in [3.63, 3.8) is 0 Å². The second-order valence-corrected chi connectivity index (χ2v) is 7.18. The summed E-state index contributed by atoms with van der Waals surface area (Å²) in [6.45, 7) is 2.88. The van der Waals surface area contributed by atoms with Crippen LogP contribution in [-0.4, -0.2) is 28.4 Å². The monoisotopic (exact) mass is 310 g/mol. The molecule has 2 rings (SSSR count). The Morgan fingerprint density at radius 3 is 2.10 bits per heavy atom. The van der Waals surface area contributed by atoms with Crippen molar-refractivity contribution in [3.8, 4) is 0 Å². The molecule has 4 heteroatoms. The molecule has 3 nitrogen and oxygen atoms in total. The zero-order valence-electron chi connectivity index (χ0n) is 13.4. The molecule has 0 aromatic rings. The minimum absolute atomic E-state index is 0.228. The molecule has 0 aromatic carbocycles. The van der Waals surface area contributed by atoms with E-state index in [1.165, 1.54) is 32.1 Å². The van der Waals surface area contributed by atoms with Crippen molar-refractivity contribution in [2.75, 3.05) is 6.54 Å². The van der Waals surface area contributed by atoms with Gasteiger partial charge < -0.3 is 10.6 Å². The van der Waals surface area contributed by atoms with Gasteiger partial charge in [-0.2, -0.15) is 0 Å². The standard InChI is InChI=1S/C17H30N2OS/c1-2-19(14-10-6-5-7-11-14)16(20)17(15(18)21)12-8-3-4-9-13-17/h14H,2-13H2,1H3,(H2,18,21). The zero-order chi connectivity index (χ0) is 15.3. The van der Waals surface area contributed by atoms with Gasteiger partial charge in [-0.15, -0.1) is 0 Å². The maximum Gasteiger partial charge on any atom is 0.235 e. The second-order valence-electron chi connectivity index (χ2n) is 6.74. The van der Waals surface area contributed by atoms with Crippen LogP contribution in [0, 0.1) is 5.41 Å². The SMILES string of the molecule is CCN(C(=O)C1(C(N)=S)CCCCCC1)C1CCCCC1. The first kappa shape index (κ1) is 16.7. The molecule has 0 atom stereocenters. The largest absolute Gasteiger partial charge is 0.392 e. The van der Waals surface area contributed by atoms with Gasteiger partial charge in [0.2, 0.25) is 5.91 Å². The molecule has 0 saturated heterocycles.